The zero-order chi connectivity index (χ0) is 14.5. The molecule has 0 amide bonds. The first-order chi connectivity index (χ1) is 9.61. The number of rotatable bonds is 5. The first-order valence-electron chi connectivity index (χ1n) is 6.54. The van der Waals surface area contributed by atoms with Crippen molar-refractivity contribution in [3.63, 3.8) is 0 Å². The van der Waals surface area contributed by atoms with E-state index in [-0.39, 0.29) is 6.04 Å². The van der Waals surface area contributed by atoms with Crippen molar-refractivity contribution in [1.29, 1.82) is 0 Å². The summed E-state index contributed by atoms with van der Waals surface area (Å²) in [7, 11) is 3.69. The van der Waals surface area contributed by atoms with Gasteiger partial charge in [-0.3, -0.25) is 0 Å². The number of benzene rings is 1. The van der Waals surface area contributed by atoms with Gasteiger partial charge in [0.25, 0.3) is 0 Å². The highest BCUT2D eigenvalue weighted by Crippen LogP contribution is 2.22. The molecule has 1 aromatic carbocycles. The lowest BCUT2D eigenvalue weighted by Crippen LogP contribution is -2.31. The molecule has 2 aromatic rings. The van der Waals surface area contributed by atoms with Crippen LogP contribution in [0.4, 0.5) is 11.6 Å². The number of nitrogens with two attached hydrogens (primary N) is 1. The Morgan fingerprint density at radius 2 is 2.05 bits per heavy atom. The fraction of sp³-hybridized carbons (Fsp3) is 0.333. The second-order valence-electron chi connectivity index (χ2n) is 4.78. The van der Waals surface area contributed by atoms with Gasteiger partial charge in [-0.2, -0.15) is 0 Å². The van der Waals surface area contributed by atoms with E-state index >= 15 is 0 Å². The van der Waals surface area contributed by atoms with Crippen LogP contribution in [0, 0.1) is 0 Å². The van der Waals surface area contributed by atoms with Crippen LogP contribution in [0.25, 0.3) is 0 Å². The standard InChI is InChI=1S/C15H20N4O/c1-11(8-12-6-4-5-7-13(12)20-3)19(2)15-9-14(16)17-10-18-15/h4-7,9-11H,8H2,1-3H3,(H2,16,17,18). The van der Waals surface area contributed by atoms with Gasteiger partial charge in [0.15, 0.2) is 0 Å². The summed E-state index contributed by atoms with van der Waals surface area (Å²) in [6, 6.07) is 10.1. The summed E-state index contributed by atoms with van der Waals surface area (Å²) >= 11 is 0. The van der Waals surface area contributed by atoms with E-state index in [0.717, 1.165) is 18.0 Å². The lowest BCUT2D eigenvalue weighted by Gasteiger charge is -2.26. The molecule has 0 aliphatic rings. The number of aromatic nitrogens is 2. The van der Waals surface area contributed by atoms with Gasteiger partial charge in [0, 0.05) is 19.2 Å². The Labute approximate surface area is 119 Å². The molecule has 0 aliphatic carbocycles. The molecular formula is C15H20N4O. The summed E-state index contributed by atoms with van der Waals surface area (Å²) in [6.45, 7) is 2.14. The molecule has 0 aliphatic heterocycles. The largest absolute Gasteiger partial charge is 0.496 e. The number of ether oxygens (including phenoxy) is 1. The summed E-state index contributed by atoms with van der Waals surface area (Å²) in [5.74, 6) is 2.21. The van der Waals surface area contributed by atoms with Crippen LogP contribution >= 0.6 is 0 Å². The average molecular weight is 272 g/mol. The second kappa shape index (κ2) is 6.23. The molecule has 0 saturated carbocycles. The molecule has 5 nitrogen and oxygen atoms in total. The van der Waals surface area contributed by atoms with Crippen molar-refractivity contribution >= 4 is 11.6 Å². The average Bonchev–Trinajstić information content (AvgIpc) is 2.47. The summed E-state index contributed by atoms with van der Waals surface area (Å²) in [5.41, 5.74) is 6.87. The maximum absolute atomic E-state index is 5.70. The molecule has 1 unspecified atom stereocenters. The van der Waals surface area contributed by atoms with E-state index in [9.17, 15) is 0 Å². The number of hydrogen-bond donors (Lipinski definition) is 1. The summed E-state index contributed by atoms with van der Waals surface area (Å²) in [5, 5.41) is 0. The molecular weight excluding hydrogens is 252 g/mol. The molecule has 1 heterocycles. The number of likely N-dealkylation sites (N-methyl/N-ethyl adjacent to an activating group) is 1. The van der Waals surface area contributed by atoms with Crippen LogP contribution in [-0.2, 0) is 6.42 Å². The lowest BCUT2D eigenvalue weighted by atomic mass is 10.1. The van der Waals surface area contributed by atoms with E-state index in [1.165, 1.54) is 11.9 Å². The van der Waals surface area contributed by atoms with E-state index in [4.69, 9.17) is 10.5 Å². The molecule has 0 fully saturated rings. The molecule has 0 bridgehead atoms. The first-order valence-corrected chi connectivity index (χ1v) is 6.54. The minimum atomic E-state index is 0.264. The van der Waals surface area contributed by atoms with Crippen LogP contribution in [0.5, 0.6) is 5.75 Å². The third-order valence-electron chi connectivity index (χ3n) is 3.40. The van der Waals surface area contributed by atoms with E-state index in [2.05, 4.69) is 27.9 Å². The minimum absolute atomic E-state index is 0.264. The first kappa shape index (κ1) is 14.1. The molecule has 1 aromatic heterocycles. The smallest absolute Gasteiger partial charge is 0.134 e. The Kier molecular flexibility index (Phi) is 4.40. The van der Waals surface area contributed by atoms with Crippen molar-refractivity contribution in [2.75, 3.05) is 24.8 Å². The maximum Gasteiger partial charge on any atom is 0.134 e. The van der Waals surface area contributed by atoms with Gasteiger partial charge >= 0.3 is 0 Å². The highest BCUT2D eigenvalue weighted by atomic mass is 16.5. The Morgan fingerprint density at radius 3 is 2.75 bits per heavy atom. The van der Waals surface area contributed by atoms with E-state index in [1.54, 1.807) is 13.2 Å². The van der Waals surface area contributed by atoms with Crippen LogP contribution in [0.2, 0.25) is 0 Å². The second-order valence-corrected chi connectivity index (χ2v) is 4.78. The Balaban J connectivity index is 2.13. The molecule has 2 N–H and O–H groups in total. The summed E-state index contributed by atoms with van der Waals surface area (Å²) in [6.07, 6.45) is 2.35. The Bertz CT molecular complexity index is 573. The molecule has 106 valence electrons. The quantitative estimate of drug-likeness (QED) is 0.903. The molecule has 2 rings (SSSR count). The highest BCUT2D eigenvalue weighted by Gasteiger charge is 2.14. The van der Waals surface area contributed by atoms with E-state index in [0.29, 0.717) is 5.82 Å². The number of hydrogen-bond acceptors (Lipinski definition) is 5. The number of anilines is 2. The SMILES string of the molecule is COc1ccccc1CC(C)N(C)c1cc(N)ncn1. The van der Waals surface area contributed by atoms with Crippen molar-refractivity contribution in [2.24, 2.45) is 0 Å². The van der Waals surface area contributed by atoms with Crippen molar-refractivity contribution in [3.05, 3.63) is 42.2 Å². The number of methoxy groups -OCH3 is 1. The summed E-state index contributed by atoms with van der Waals surface area (Å²) in [4.78, 5) is 10.2. The van der Waals surface area contributed by atoms with Gasteiger partial charge in [-0.1, -0.05) is 18.2 Å². The van der Waals surface area contributed by atoms with Crippen LogP contribution in [0.1, 0.15) is 12.5 Å². The van der Waals surface area contributed by atoms with Crippen molar-refractivity contribution in [3.8, 4) is 5.75 Å². The molecule has 20 heavy (non-hydrogen) atoms. The molecule has 0 spiro atoms. The molecule has 0 saturated heterocycles. The highest BCUT2D eigenvalue weighted by molar-refractivity contribution is 5.46. The number of para-hydroxylation sites is 1. The fourth-order valence-corrected chi connectivity index (χ4v) is 2.11. The zero-order valence-electron chi connectivity index (χ0n) is 12.1. The third kappa shape index (κ3) is 3.17. The normalized spacial score (nSPS) is 11.9. The van der Waals surface area contributed by atoms with Gasteiger partial charge in [-0.15, -0.1) is 0 Å². The van der Waals surface area contributed by atoms with Gasteiger partial charge in [-0.25, -0.2) is 9.97 Å². The Morgan fingerprint density at radius 1 is 1.30 bits per heavy atom. The fourth-order valence-electron chi connectivity index (χ4n) is 2.11. The zero-order valence-corrected chi connectivity index (χ0v) is 12.1. The van der Waals surface area contributed by atoms with Crippen LogP contribution < -0.4 is 15.4 Å². The van der Waals surface area contributed by atoms with Crippen molar-refractivity contribution in [2.45, 2.75) is 19.4 Å². The van der Waals surface area contributed by atoms with Gasteiger partial charge < -0.3 is 15.4 Å². The topological polar surface area (TPSA) is 64.3 Å². The van der Waals surface area contributed by atoms with Gasteiger partial charge in [-0.05, 0) is 25.0 Å². The van der Waals surface area contributed by atoms with Crippen molar-refractivity contribution in [1.82, 2.24) is 9.97 Å². The summed E-state index contributed by atoms with van der Waals surface area (Å²) < 4.78 is 5.39. The van der Waals surface area contributed by atoms with Crippen LogP contribution in [0.3, 0.4) is 0 Å². The Hall–Kier alpha value is -2.30. The van der Waals surface area contributed by atoms with Crippen LogP contribution in [-0.4, -0.2) is 30.2 Å². The minimum Gasteiger partial charge on any atom is -0.496 e. The molecule has 1 atom stereocenters. The molecule has 0 radical (unpaired) electrons. The van der Waals surface area contributed by atoms with Crippen LogP contribution in [0.15, 0.2) is 36.7 Å². The van der Waals surface area contributed by atoms with Gasteiger partial charge in [0.05, 0.1) is 7.11 Å². The van der Waals surface area contributed by atoms with E-state index in [1.807, 2.05) is 25.2 Å². The monoisotopic (exact) mass is 272 g/mol. The van der Waals surface area contributed by atoms with Gasteiger partial charge in [0.1, 0.15) is 23.7 Å². The predicted octanol–water partition coefficient (Wildman–Crippen LogP) is 2.13. The lowest BCUT2D eigenvalue weighted by molar-refractivity contribution is 0.408. The van der Waals surface area contributed by atoms with Gasteiger partial charge in [0.2, 0.25) is 0 Å². The maximum atomic E-state index is 5.70. The number of nitrogens with zero attached hydrogens (tertiary/aromatic N) is 3. The number of nitrogen functional groups attached to an aromatic ring is 1. The van der Waals surface area contributed by atoms with E-state index < -0.39 is 0 Å². The molecule has 5 heteroatoms. The van der Waals surface area contributed by atoms with Crippen molar-refractivity contribution < 1.29 is 4.74 Å². The predicted molar refractivity (Wildman–Crippen MR) is 81.0 cm³/mol. The third-order valence-corrected chi connectivity index (χ3v) is 3.40.